The van der Waals surface area contributed by atoms with Gasteiger partial charge in [0.15, 0.2) is 0 Å². The van der Waals surface area contributed by atoms with Crippen LogP contribution in [0.25, 0.3) is 0 Å². The van der Waals surface area contributed by atoms with Crippen LogP contribution >= 0.6 is 0 Å². The van der Waals surface area contributed by atoms with E-state index in [1.807, 2.05) is 19.1 Å². The molecule has 1 atom stereocenters. The summed E-state index contributed by atoms with van der Waals surface area (Å²) in [7, 11) is 0. The van der Waals surface area contributed by atoms with Crippen molar-refractivity contribution in [3.63, 3.8) is 0 Å². The van der Waals surface area contributed by atoms with E-state index >= 15 is 0 Å². The van der Waals surface area contributed by atoms with Crippen LogP contribution in [-0.4, -0.2) is 16.0 Å². The first-order valence-electron chi connectivity index (χ1n) is 5.73. The third-order valence-electron chi connectivity index (χ3n) is 2.81. The number of hydrogen-bond acceptors (Lipinski definition) is 4. The SMILES string of the molecule is Cc1noc(C)c1C(=O)NC(C)c1ccncc1. The molecular formula is C13H15N3O2. The lowest BCUT2D eigenvalue weighted by atomic mass is 10.1. The average Bonchev–Trinajstić information content (AvgIpc) is 2.70. The zero-order chi connectivity index (χ0) is 13.1. The number of carbonyl (C=O) groups is 1. The minimum Gasteiger partial charge on any atom is -0.361 e. The molecule has 0 saturated heterocycles. The second-order valence-electron chi connectivity index (χ2n) is 4.17. The minimum absolute atomic E-state index is 0.0887. The third-order valence-corrected chi connectivity index (χ3v) is 2.81. The molecule has 5 nitrogen and oxygen atoms in total. The highest BCUT2D eigenvalue weighted by atomic mass is 16.5. The number of hydrogen-bond donors (Lipinski definition) is 1. The lowest BCUT2D eigenvalue weighted by Crippen LogP contribution is -2.27. The topological polar surface area (TPSA) is 68.0 Å². The van der Waals surface area contributed by atoms with Crippen LogP contribution in [0.5, 0.6) is 0 Å². The highest BCUT2D eigenvalue weighted by molar-refractivity contribution is 5.96. The summed E-state index contributed by atoms with van der Waals surface area (Å²) in [6, 6.07) is 3.66. The van der Waals surface area contributed by atoms with Crippen LogP contribution in [0, 0.1) is 13.8 Å². The van der Waals surface area contributed by atoms with Gasteiger partial charge in [-0.3, -0.25) is 9.78 Å². The molecule has 0 bridgehead atoms. The van der Waals surface area contributed by atoms with E-state index in [1.54, 1.807) is 26.2 Å². The Morgan fingerprint density at radius 2 is 2.00 bits per heavy atom. The quantitative estimate of drug-likeness (QED) is 0.899. The van der Waals surface area contributed by atoms with Gasteiger partial charge in [-0.1, -0.05) is 5.16 Å². The molecule has 2 aromatic rings. The summed E-state index contributed by atoms with van der Waals surface area (Å²) < 4.78 is 4.98. The van der Waals surface area contributed by atoms with Crippen LogP contribution in [0.3, 0.4) is 0 Å². The van der Waals surface area contributed by atoms with Crippen molar-refractivity contribution < 1.29 is 9.32 Å². The fraction of sp³-hybridized carbons (Fsp3) is 0.308. The Labute approximate surface area is 105 Å². The summed E-state index contributed by atoms with van der Waals surface area (Å²) in [6.45, 7) is 5.40. The Morgan fingerprint density at radius 1 is 1.33 bits per heavy atom. The van der Waals surface area contributed by atoms with Crippen molar-refractivity contribution in [3.8, 4) is 0 Å². The molecule has 0 spiro atoms. The first-order chi connectivity index (χ1) is 8.59. The molecule has 0 aliphatic carbocycles. The van der Waals surface area contributed by atoms with Crippen molar-refractivity contribution in [1.82, 2.24) is 15.5 Å². The van der Waals surface area contributed by atoms with Crippen molar-refractivity contribution in [3.05, 3.63) is 47.1 Å². The van der Waals surface area contributed by atoms with Crippen LogP contribution < -0.4 is 5.32 Å². The molecule has 2 rings (SSSR count). The summed E-state index contributed by atoms with van der Waals surface area (Å²) in [6.07, 6.45) is 3.40. The molecule has 0 saturated carbocycles. The van der Waals surface area contributed by atoms with Crippen molar-refractivity contribution >= 4 is 5.91 Å². The highest BCUT2D eigenvalue weighted by Crippen LogP contribution is 2.15. The Balaban J connectivity index is 2.13. The Hall–Kier alpha value is -2.17. The average molecular weight is 245 g/mol. The molecule has 0 aliphatic heterocycles. The van der Waals surface area contributed by atoms with Crippen molar-refractivity contribution in [2.45, 2.75) is 26.8 Å². The summed E-state index contributed by atoms with van der Waals surface area (Å²) in [5, 5.41) is 6.68. The van der Waals surface area contributed by atoms with Gasteiger partial charge in [0, 0.05) is 12.4 Å². The van der Waals surface area contributed by atoms with E-state index in [-0.39, 0.29) is 11.9 Å². The largest absolute Gasteiger partial charge is 0.361 e. The van der Waals surface area contributed by atoms with Gasteiger partial charge in [-0.25, -0.2) is 0 Å². The molecule has 5 heteroatoms. The van der Waals surface area contributed by atoms with E-state index in [2.05, 4.69) is 15.5 Å². The van der Waals surface area contributed by atoms with Crippen molar-refractivity contribution in [2.75, 3.05) is 0 Å². The molecule has 1 unspecified atom stereocenters. The van der Waals surface area contributed by atoms with E-state index in [0.717, 1.165) is 5.56 Å². The van der Waals surface area contributed by atoms with Gasteiger partial charge in [0.2, 0.25) is 0 Å². The van der Waals surface area contributed by atoms with Gasteiger partial charge in [0.25, 0.3) is 5.91 Å². The van der Waals surface area contributed by atoms with Crippen LogP contribution in [0.15, 0.2) is 29.0 Å². The minimum atomic E-state index is -0.171. The van der Waals surface area contributed by atoms with Crippen molar-refractivity contribution in [2.24, 2.45) is 0 Å². The van der Waals surface area contributed by atoms with Gasteiger partial charge in [-0.2, -0.15) is 0 Å². The van der Waals surface area contributed by atoms with E-state index in [9.17, 15) is 4.79 Å². The first-order valence-corrected chi connectivity index (χ1v) is 5.73. The molecule has 2 heterocycles. The number of pyridine rings is 1. The van der Waals surface area contributed by atoms with E-state index < -0.39 is 0 Å². The van der Waals surface area contributed by atoms with Gasteiger partial charge in [-0.15, -0.1) is 0 Å². The number of carbonyl (C=O) groups excluding carboxylic acids is 1. The Morgan fingerprint density at radius 3 is 2.56 bits per heavy atom. The second-order valence-corrected chi connectivity index (χ2v) is 4.17. The molecule has 0 aromatic carbocycles. The standard InChI is InChI=1S/C13H15N3O2/c1-8(11-4-6-14-7-5-11)15-13(17)12-9(2)16-18-10(12)3/h4-8H,1-3H3,(H,15,17). The maximum atomic E-state index is 12.1. The number of rotatable bonds is 3. The Bertz CT molecular complexity index is 529. The maximum absolute atomic E-state index is 12.1. The summed E-state index contributed by atoms with van der Waals surface area (Å²) >= 11 is 0. The van der Waals surface area contributed by atoms with E-state index in [1.165, 1.54) is 0 Å². The zero-order valence-electron chi connectivity index (χ0n) is 10.6. The summed E-state index contributed by atoms with van der Waals surface area (Å²) in [5.74, 6) is 0.363. The number of aromatic nitrogens is 2. The molecule has 1 N–H and O–H groups in total. The molecule has 0 radical (unpaired) electrons. The van der Waals surface area contributed by atoms with Gasteiger partial charge < -0.3 is 9.84 Å². The second kappa shape index (κ2) is 5.00. The number of amides is 1. The lowest BCUT2D eigenvalue weighted by Gasteiger charge is -2.13. The predicted molar refractivity (Wildman–Crippen MR) is 66.1 cm³/mol. The van der Waals surface area contributed by atoms with Crippen LogP contribution in [0.4, 0.5) is 0 Å². The van der Waals surface area contributed by atoms with Crippen LogP contribution in [0.1, 0.15) is 40.3 Å². The smallest absolute Gasteiger partial charge is 0.257 e. The van der Waals surface area contributed by atoms with E-state index in [4.69, 9.17) is 4.52 Å². The lowest BCUT2D eigenvalue weighted by molar-refractivity contribution is 0.0938. The molecule has 2 aromatic heterocycles. The van der Waals surface area contributed by atoms with Gasteiger partial charge in [0.05, 0.1) is 11.7 Å². The highest BCUT2D eigenvalue weighted by Gasteiger charge is 2.19. The van der Waals surface area contributed by atoms with Gasteiger partial charge in [-0.05, 0) is 38.5 Å². The fourth-order valence-electron chi connectivity index (χ4n) is 1.81. The van der Waals surface area contributed by atoms with Gasteiger partial charge in [0.1, 0.15) is 11.3 Å². The number of nitrogens with zero attached hydrogens (tertiary/aromatic N) is 2. The number of aryl methyl sites for hydroxylation is 2. The van der Waals surface area contributed by atoms with E-state index in [0.29, 0.717) is 17.0 Å². The van der Waals surface area contributed by atoms with Gasteiger partial charge >= 0.3 is 0 Å². The van der Waals surface area contributed by atoms with Crippen LogP contribution in [0.2, 0.25) is 0 Å². The first kappa shape index (κ1) is 12.3. The summed E-state index contributed by atoms with van der Waals surface area (Å²) in [4.78, 5) is 16.1. The fourth-order valence-corrected chi connectivity index (χ4v) is 1.81. The predicted octanol–water partition coefficient (Wildman–Crippen LogP) is 2.18. The van der Waals surface area contributed by atoms with Crippen molar-refractivity contribution in [1.29, 1.82) is 0 Å². The Kier molecular flexibility index (Phi) is 3.41. The van der Waals surface area contributed by atoms with Crippen LogP contribution in [-0.2, 0) is 0 Å². The molecule has 1 amide bonds. The third kappa shape index (κ3) is 2.40. The number of nitrogens with one attached hydrogen (secondary N) is 1. The monoisotopic (exact) mass is 245 g/mol. The molecule has 94 valence electrons. The molecule has 0 aliphatic rings. The summed E-state index contributed by atoms with van der Waals surface area (Å²) in [5.41, 5.74) is 2.12. The molecule has 0 fully saturated rings. The maximum Gasteiger partial charge on any atom is 0.257 e. The molecular weight excluding hydrogens is 230 g/mol. The molecule has 18 heavy (non-hydrogen) atoms. The normalized spacial score (nSPS) is 12.2. The zero-order valence-corrected chi connectivity index (χ0v) is 10.6.